The fourth-order valence-corrected chi connectivity index (χ4v) is 3.58. The number of rotatable bonds is 10. The van der Waals surface area contributed by atoms with Crippen molar-refractivity contribution in [3.05, 3.63) is 89.5 Å². The summed E-state index contributed by atoms with van der Waals surface area (Å²) in [5.74, 6) is 1.04. The van der Waals surface area contributed by atoms with Gasteiger partial charge in [-0.2, -0.15) is 0 Å². The predicted octanol–water partition coefficient (Wildman–Crippen LogP) is 5.34. The highest BCUT2D eigenvalue weighted by molar-refractivity contribution is 5.99. The van der Waals surface area contributed by atoms with Crippen molar-refractivity contribution < 1.29 is 23.8 Å². The van der Waals surface area contributed by atoms with Gasteiger partial charge in [-0.05, 0) is 23.6 Å². The van der Waals surface area contributed by atoms with Crippen LogP contribution in [0.25, 0.3) is 0 Å². The second-order valence-corrected chi connectivity index (χ2v) is 7.14. The minimum absolute atomic E-state index is 0.0276. The normalized spacial score (nSPS) is 10.6. The van der Waals surface area contributed by atoms with Gasteiger partial charge in [0.05, 0.1) is 21.3 Å². The van der Waals surface area contributed by atoms with Crippen LogP contribution >= 0.6 is 0 Å². The smallest absolute Gasteiger partial charge is 0.203 e. The van der Waals surface area contributed by atoms with Gasteiger partial charge in [0.15, 0.2) is 23.1 Å². The average Bonchev–Trinajstić information content (AvgIpc) is 2.83. The summed E-state index contributed by atoms with van der Waals surface area (Å²) in [5, 5.41) is 0. The van der Waals surface area contributed by atoms with Crippen molar-refractivity contribution >= 4 is 11.6 Å². The topological polar surface area (TPSA) is 61.8 Å². The van der Waals surface area contributed by atoms with Crippen LogP contribution in [0.15, 0.2) is 72.8 Å². The van der Waals surface area contributed by atoms with Crippen LogP contribution < -0.4 is 14.2 Å². The molecule has 31 heavy (non-hydrogen) atoms. The molecule has 0 spiro atoms. The lowest BCUT2D eigenvalue weighted by Gasteiger charge is -2.20. The van der Waals surface area contributed by atoms with Crippen LogP contribution in [-0.2, 0) is 0 Å². The highest BCUT2D eigenvalue weighted by Crippen LogP contribution is 2.41. The van der Waals surface area contributed by atoms with Crippen LogP contribution in [0.1, 0.15) is 45.0 Å². The summed E-state index contributed by atoms with van der Waals surface area (Å²) in [6.45, 7) is 0. The van der Waals surface area contributed by atoms with Gasteiger partial charge in [0, 0.05) is 24.0 Å². The largest absolute Gasteiger partial charge is 0.493 e. The van der Waals surface area contributed by atoms with Gasteiger partial charge < -0.3 is 14.2 Å². The summed E-state index contributed by atoms with van der Waals surface area (Å²) in [6.07, 6.45) is 0.364. The van der Waals surface area contributed by atoms with Gasteiger partial charge in [0.2, 0.25) is 5.75 Å². The number of ether oxygens (including phenoxy) is 3. The molecule has 0 aromatic heterocycles. The van der Waals surface area contributed by atoms with E-state index >= 15 is 0 Å². The van der Waals surface area contributed by atoms with E-state index in [0.717, 1.165) is 5.56 Å². The van der Waals surface area contributed by atoms with Crippen molar-refractivity contribution in [3.63, 3.8) is 0 Å². The Hall–Kier alpha value is -3.60. The summed E-state index contributed by atoms with van der Waals surface area (Å²) in [4.78, 5) is 26.0. The molecule has 0 saturated heterocycles. The number of methoxy groups -OCH3 is 3. The van der Waals surface area contributed by atoms with Gasteiger partial charge >= 0.3 is 0 Å². The first-order chi connectivity index (χ1) is 15.1. The van der Waals surface area contributed by atoms with E-state index in [9.17, 15) is 9.59 Å². The first-order valence-electron chi connectivity index (χ1n) is 10.0. The molecule has 0 heterocycles. The molecule has 0 fully saturated rings. The molecule has 0 radical (unpaired) electrons. The SMILES string of the molecule is COc1cc(C(CC(=O)c2ccccc2)CC(=O)c2ccccc2)cc(OC)c1OC. The molecule has 3 aromatic carbocycles. The monoisotopic (exact) mass is 418 g/mol. The molecule has 0 atom stereocenters. The zero-order chi connectivity index (χ0) is 22.2. The maximum Gasteiger partial charge on any atom is 0.203 e. The van der Waals surface area contributed by atoms with E-state index in [1.807, 2.05) is 48.5 Å². The van der Waals surface area contributed by atoms with E-state index < -0.39 is 0 Å². The van der Waals surface area contributed by atoms with Crippen molar-refractivity contribution in [1.82, 2.24) is 0 Å². The number of carbonyl (C=O) groups excluding carboxylic acids is 2. The predicted molar refractivity (Wildman–Crippen MR) is 120 cm³/mol. The quantitative estimate of drug-likeness (QED) is 0.416. The first kappa shape index (κ1) is 22.1. The number of hydrogen-bond acceptors (Lipinski definition) is 5. The number of ketones is 2. The highest BCUT2D eigenvalue weighted by Gasteiger charge is 2.24. The van der Waals surface area contributed by atoms with Crippen molar-refractivity contribution in [3.8, 4) is 17.2 Å². The van der Waals surface area contributed by atoms with Gasteiger partial charge in [-0.1, -0.05) is 60.7 Å². The van der Waals surface area contributed by atoms with E-state index in [1.54, 1.807) is 38.5 Å². The van der Waals surface area contributed by atoms with Gasteiger partial charge in [0.1, 0.15) is 0 Å². The van der Waals surface area contributed by atoms with Crippen LogP contribution in [-0.4, -0.2) is 32.9 Å². The Morgan fingerprint density at radius 2 is 1.10 bits per heavy atom. The summed E-state index contributed by atoms with van der Waals surface area (Å²) in [5.41, 5.74) is 2.02. The van der Waals surface area contributed by atoms with E-state index in [0.29, 0.717) is 28.4 Å². The zero-order valence-corrected chi connectivity index (χ0v) is 18.0. The Balaban J connectivity index is 1.98. The molecule has 3 rings (SSSR count). The summed E-state index contributed by atoms with van der Waals surface area (Å²) >= 11 is 0. The molecule has 0 unspecified atom stereocenters. The molecular weight excluding hydrogens is 392 g/mol. The van der Waals surface area contributed by atoms with Gasteiger partial charge in [-0.25, -0.2) is 0 Å². The van der Waals surface area contributed by atoms with E-state index in [-0.39, 0.29) is 30.3 Å². The Morgan fingerprint density at radius 3 is 1.45 bits per heavy atom. The Labute approximate surface area is 182 Å². The molecule has 0 aliphatic rings. The zero-order valence-electron chi connectivity index (χ0n) is 18.0. The molecule has 160 valence electrons. The second-order valence-electron chi connectivity index (χ2n) is 7.14. The molecule has 0 bridgehead atoms. The third kappa shape index (κ3) is 5.31. The molecule has 0 aliphatic carbocycles. The lowest BCUT2D eigenvalue weighted by molar-refractivity contribution is 0.0944. The van der Waals surface area contributed by atoms with Crippen LogP contribution in [0, 0.1) is 0 Å². The Bertz CT molecular complexity index is 950. The molecular formula is C26H26O5. The van der Waals surface area contributed by atoms with Gasteiger partial charge in [-0.15, -0.1) is 0 Å². The molecule has 0 aliphatic heterocycles. The highest BCUT2D eigenvalue weighted by atomic mass is 16.5. The molecule has 0 amide bonds. The van der Waals surface area contributed by atoms with E-state index in [1.165, 1.54) is 7.11 Å². The van der Waals surface area contributed by atoms with Crippen LogP contribution in [0.3, 0.4) is 0 Å². The molecule has 5 heteroatoms. The molecule has 5 nitrogen and oxygen atoms in total. The number of Topliss-reactive ketones (excluding diaryl/α,β-unsaturated/α-hetero) is 2. The molecule has 0 N–H and O–H groups in total. The van der Waals surface area contributed by atoms with E-state index in [2.05, 4.69) is 0 Å². The lowest BCUT2D eigenvalue weighted by atomic mass is 9.86. The lowest BCUT2D eigenvalue weighted by Crippen LogP contribution is -2.13. The minimum atomic E-state index is -0.353. The van der Waals surface area contributed by atoms with Crippen LogP contribution in [0.4, 0.5) is 0 Å². The minimum Gasteiger partial charge on any atom is -0.493 e. The van der Waals surface area contributed by atoms with Crippen molar-refractivity contribution in [2.24, 2.45) is 0 Å². The third-order valence-corrected chi connectivity index (χ3v) is 5.21. The standard InChI is InChI=1S/C26H26O5/c1-29-24-16-21(17-25(30-2)26(24)31-3)20(14-22(27)18-10-6-4-7-11-18)15-23(28)19-12-8-5-9-13-19/h4-13,16-17,20H,14-15H2,1-3H3. The summed E-state index contributed by atoms with van der Waals surface area (Å²) < 4.78 is 16.4. The maximum absolute atomic E-state index is 13.0. The van der Waals surface area contributed by atoms with E-state index in [4.69, 9.17) is 14.2 Å². The summed E-state index contributed by atoms with van der Waals surface area (Å²) in [7, 11) is 4.62. The first-order valence-corrected chi connectivity index (χ1v) is 10.0. The molecule has 3 aromatic rings. The van der Waals surface area contributed by atoms with Crippen molar-refractivity contribution in [2.75, 3.05) is 21.3 Å². The number of benzene rings is 3. The van der Waals surface area contributed by atoms with Gasteiger partial charge in [0.25, 0.3) is 0 Å². The third-order valence-electron chi connectivity index (χ3n) is 5.21. The van der Waals surface area contributed by atoms with Crippen molar-refractivity contribution in [2.45, 2.75) is 18.8 Å². The second kappa shape index (κ2) is 10.4. The number of carbonyl (C=O) groups is 2. The number of hydrogen-bond donors (Lipinski definition) is 0. The average molecular weight is 418 g/mol. The van der Waals surface area contributed by atoms with Crippen molar-refractivity contribution in [1.29, 1.82) is 0 Å². The van der Waals surface area contributed by atoms with Gasteiger partial charge in [-0.3, -0.25) is 9.59 Å². The van der Waals surface area contributed by atoms with Crippen LogP contribution in [0.2, 0.25) is 0 Å². The fourth-order valence-electron chi connectivity index (χ4n) is 3.58. The Morgan fingerprint density at radius 1 is 0.677 bits per heavy atom. The fraction of sp³-hybridized carbons (Fsp3) is 0.231. The summed E-state index contributed by atoms with van der Waals surface area (Å²) in [6, 6.07) is 21.8. The molecule has 0 saturated carbocycles. The maximum atomic E-state index is 13.0. The Kier molecular flexibility index (Phi) is 7.44. The van der Waals surface area contributed by atoms with Crippen LogP contribution in [0.5, 0.6) is 17.2 Å².